The highest BCUT2D eigenvalue weighted by Crippen LogP contribution is 2.02. The van der Waals surface area contributed by atoms with Crippen molar-refractivity contribution < 1.29 is 39.3 Å². The van der Waals surface area contributed by atoms with Gasteiger partial charge in [-0.15, -0.1) is 0 Å². The van der Waals surface area contributed by atoms with Gasteiger partial charge in [0.2, 0.25) is 17.7 Å². The summed E-state index contributed by atoms with van der Waals surface area (Å²) in [6, 6.07) is -5.09. The number of hydrogen-bond donors (Lipinski definition) is 9. The number of aliphatic carboxylic acids is 2. The standard InChI is InChI=1S/C17H31N5O8S/c18-6-2-1-3-9(19)14(26)21-11(7-23)15(27)22-12(8-31)16(28)20-10(17(29)30)4-5-13(24)25/h9-12,23,31H,1-8,18-19H2,(H,20,28)(H,21,26)(H,22,27)(H,24,25)(H,29,30). The average molecular weight is 466 g/mol. The van der Waals surface area contributed by atoms with E-state index in [0.717, 1.165) is 0 Å². The third kappa shape index (κ3) is 11.5. The van der Waals surface area contributed by atoms with E-state index in [1.165, 1.54) is 0 Å². The molecule has 4 atom stereocenters. The zero-order valence-electron chi connectivity index (χ0n) is 17.0. The molecule has 0 saturated carbocycles. The zero-order chi connectivity index (χ0) is 24.0. The first-order chi connectivity index (χ1) is 14.6. The highest BCUT2D eigenvalue weighted by molar-refractivity contribution is 7.80. The van der Waals surface area contributed by atoms with Crippen LogP contribution in [0.4, 0.5) is 0 Å². The fourth-order valence-electron chi connectivity index (χ4n) is 2.38. The molecule has 0 heterocycles. The largest absolute Gasteiger partial charge is 0.481 e. The molecule has 0 bridgehead atoms. The summed E-state index contributed by atoms with van der Waals surface area (Å²) in [5, 5.41) is 33.9. The number of hydrogen-bond acceptors (Lipinski definition) is 9. The lowest BCUT2D eigenvalue weighted by molar-refractivity contribution is -0.143. The molecule has 10 N–H and O–H groups in total. The van der Waals surface area contributed by atoms with Crippen LogP contribution in [0.1, 0.15) is 32.1 Å². The molecule has 0 radical (unpaired) electrons. The monoisotopic (exact) mass is 465 g/mol. The molecule has 3 amide bonds. The quantitative estimate of drug-likeness (QED) is 0.0816. The predicted octanol–water partition coefficient (Wildman–Crippen LogP) is -3.23. The van der Waals surface area contributed by atoms with Gasteiger partial charge >= 0.3 is 11.9 Å². The van der Waals surface area contributed by atoms with E-state index in [4.69, 9.17) is 21.7 Å². The van der Waals surface area contributed by atoms with Crippen molar-refractivity contribution in [3.63, 3.8) is 0 Å². The third-order valence-electron chi connectivity index (χ3n) is 4.20. The lowest BCUT2D eigenvalue weighted by atomic mass is 10.1. The highest BCUT2D eigenvalue weighted by Gasteiger charge is 2.29. The number of carbonyl (C=O) groups is 5. The van der Waals surface area contributed by atoms with Crippen LogP contribution in [0.2, 0.25) is 0 Å². The van der Waals surface area contributed by atoms with Crippen LogP contribution in [0.25, 0.3) is 0 Å². The van der Waals surface area contributed by atoms with Crippen molar-refractivity contribution in [2.75, 3.05) is 18.9 Å². The fourth-order valence-corrected chi connectivity index (χ4v) is 2.63. The summed E-state index contributed by atoms with van der Waals surface area (Å²) in [6.45, 7) is -0.327. The fraction of sp³-hybridized carbons (Fsp3) is 0.706. The third-order valence-corrected chi connectivity index (χ3v) is 4.56. The van der Waals surface area contributed by atoms with Crippen LogP contribution in [-0.4, -0.2) is 88.1 Å². The molecule has 0 saturated heterocycles. The first kappa shape index (κ1) is 28.6. The molecule has 178 valence electrons. The van der Waals surface area contributed by atoms with Gasteiger partial charge in [0.1, 0.15) is 18.1 Å². The molecule has 0 spiro atoms. The zero-order valence-corrected chi connectivity index (χ0v) is 17.8. The van der Waals surface area contributed by atoms with Gasteiger partial charge in [0.05, 0.1) is 12.6 Å². The number of carbonyl (C=O) groups excluding carboxylic acids is 3. The number of carboxylic acids is 2. The second-order valence-corrected chi connectivity index (χ2v) is 7.08. The van der Waals surface area contributed by atoms with Gasteiger partial charge in [-0.1, -0.05) is 6.42 Å². The summed E-state index contributed by atoms with van der Waals surface area (Å²) in [6.07, 6.45) is 0.765. The van der Waals surface area contributed by atoms with Gasteiger partial charge in [0.25, 0.3) is 0 Å². The van der Waals surface area contributed by atoms with Crippen LogP contribution >= 0.6 is 12.6 Å². The number of carboxylic acid groups (broad SMARTS) is 2. The van der Waals surface area contributed by atoms with Crippen LogP contribution in [0.15, 0.2) is 0 Å². The van der Waals surface area contributed by atoms with Gasteiger partial charge in [0.15, 0.2) is 0 Å². The Hall–Kier alpha value is -2.42. The maximum atomic E-state index is 12.4. The lowest BCUT2D eigenvalue weighted by Crippen LogP contribution is -2.58. The van der Waals surface area contributed by atoms with Gasteiger partial charge in [-0.25, -0.2) is 4.79 Å². The van der Waals surface area contributed by atoms with E-state index < -0.39 is 66.9 Å². The number of unbranched alkanes of at least 4 members (excludes halogenated alkanes) is 1. The Kier molecular flexibility index (Phi) is 14.2. The Labute approximate surface area is 184 Å². The number of aliphatic hydroxyl groups excluding tert-OH is 1. The molecule has 4 unspecified atom stereocenters. The van der Waals surface area contributed by atoms with Crippen LogP contribution < -0.4 is 27.4 Å². The van der Waals surface area contributed by atoms with Crippen molar-refractivity contribution >= 4 is 42.3 Å². The van der Waals surface area contributed by atoms with E-state index >= 15 is 0 Å². The van der Waals surface area contributed by atoms with Gasteiger partial charge in [-0.05, 0) is 25.8 Å². The molecule has 0 aromatic carbocycles. The lowest BCUT2D eigenvalue weighted by Gasteiger charge is -2.23. The minimum Gasteiger partial charge on any atom is -0.481 e. The van der Waals surface area contributed by atoms with Gasteiger partial charge in [-0.2, -0.15) is 12.6 Å². The number of nitrogens with one attached hydrogen (secondary N) is 3. The molecule has 13 nitrogen and oxygen atoms in total. The minimum absolute atomic E-state index is 0.229. The molecule has 0 fully saturated rings. The molecule has 0 aliphatic carbocycles. The van der Waals surface area contributed by atoms with Gasteiger partial charge in [-0.3, -0.25) is 19.2 Å². The molecule has 0 rings (SSSR count). The van der Waals surface area contributed by atoms with Crippen molar-refractivity contribution in [3.8, 4) is 0 Å². The van der Waals surface area contributed by atoms with Gasteiger partial charge in [0, 0.05) is 12.2 Å². The number of nitrogens with two attached hydrogens (primary N) is 2. The summed E-state index contributed by atoms with van der Waals surface area (Å²) in [5.74, 6) is -5.39. The maximum absolute atomic E-state index is 12.4. The van der Waals surface area contributed by atoms with Crippen molar-refractivity contribution in [1.29, 1.82) is 0 Å². The molecule has 0 aromatic rings. The molecule has 0 aromatic heterocycles. The van der Waals surface area contributed by atoms with Gasteiger partial charge < -0.3 is 42.7 Å². The SMILES string of the molecule is NCCCCC(N)C(=O)NC(CO)C(=O)NC(CS)C(=O)NC(CCC(=O)O)C(=O)O. The highest BCUT2D eigenvalue weighted by atomic mass is 32.1. The summed E-state index contributed by atoms with van der Waals surface area (Å²) in [5.41, 5.74) is 11.1. The Balaban J connectivity index is 4.91. The number of aliphatic hydroxyl groups is 1. The van der Waals surface area contributed by atoms with E-state index in [1.54, 1.807) is 0 Å². The van der Waals surface area contributed by atoms with Crippen molar-refractivity contribution in [2.24, 2.45) is 11.5 Å². The van der Waals surface area contributed by atoms with Crippen LogP contribution in [0, 0.1) is 0 Å². The van der Waals surface area contributed by atoms with Crippen molar-refractivity contribution in [1.82, 2.24) is 16.0 Å². The maximum Gasteiger partial charge on any atom is 0.326 e. The molecule has 31 heavy (non-hydrogen) atoms. The van der Waals surface area contributed by atoms with Crippen LogP contribution in [0.5, 0.6) is 0 Å². The molecular formula is C17H31N5O8S. The Morgan fingerprint density at radius 2 is 1.39 bits per heavy atom. The summed E-state index contributed by atoms with van der Waals surface area (Å²) in [4.78, 5) is 58.5. The van der Waals surface area contributed by atoms with E-state index in [2.05, 4.69) is 28.6 Å². The molecule has 0 aliphatic heterocycles. The second-order valence-electron chi connectivity index (χ2n) is 6.71. The number of thiol groups is 1. The second kappa shape index (κ2) is 15.4. The van der Waals surface area contributed by atoms with Crippen LogP contribution in [0.3, 0.4) is 0 Å². The summed E-state index contributed by atoms with van der Waals surface area (Å²) >= 11 is 3.94. The Morgan fingerprint density at radius 1 is 0.839 bits per heavy atom. The van der Waals surface area contributed by atoms with Crippen molar-refractivity contribution in [3.05, 3.63) is 0 Å². The smallest absolute Gasteiger partial charge is 0.326 e. The average Bonchev–Trinajstić information content (AvgIpc) is 2.72. The number of amides is 3. The summed E-state index contributed by atoms with van der Waals surface area (Å²) in [7, 11) is 0. The first-order valence-corrected chi connectivity index (χ1v) is 10.2. The first-order valence-electron chi connectivity index (χ1n) is 9.60. The number of rotatable bonds is 16. The van der Waals surface area contributed by atoms with E-state index in [0.29, 0.717) is 25.8 Å². The molecule has 0 aliphatic rings. The van der Waals surface area contributed by atoms with E-state index in [-0.39, 0.29) is 12.2 Å². The predicted molar refractivity (Wildman–Crippen MR) is 112 cm³/mol. The van der Waals surface area contributed by atoms with E-state index in [1.807, 2.05) is 0 Å². The topological polar surface area (TPSA) is 234 Å². The Morgan fingerprint density at radius 3 is 1.87 bits per heavy atom. The van der Waals surface area contributed by atoms with E-state index in [9.17, 15) is 29.1 Å². The minimum atomic E-state index is -1.48. The van der Waals surface area contributed by atoms with Crippen LogP contribution in [-0.2, 0) is 24.0 Å². The normalized spacial score (nSPS) is 14.6. The molecular weight excluding hydrogens is 434 g/mol. The summed E-state index contributed by atoms with van der Waals surface area (Å²) < 4.78 is 0. The molecule has 14 heteroatoms. The Bertz CT molecular complexity index is 636. The van der Waals surface area contributed by atoms with Crippen molar-refractivity contribution in [2.45, 2.75) is 56.3 Å².